The van der Waals surface area contributed by atoms with E-state index in [0.717, 1.165) is 5.69 Å². The van der Waals surface area contributed by atoms with Gasteiger partial charge in [0.25, 0.3) is 0 Å². The molecule has 1 atom stereocenters. The van der Waals surface area contributed by atoms with Crippen molar-refractivity contribution in [2.45, 2.75) is 19.9 Å². The highest BCUT2D eigenvalue weighted by Crippen LogP contribution is 2.19. The van der Waals surface area contributed by atoms with E-state index in [2.05, 4.69) is 21.6 Å². The molecule has 1 fully saturated rings. The Morgan fingerprint density at radius 2 is 1.92 bits per heavy atom. The van der Waals surface area contributed by atoms with E-state index in [1.54, 1.807) is 7.05 Å². The van der Waals surface area contributed by atoms with Crippen LogP contribution in [-0.2, 0) is 14.8 Å². The van der Waals surface area contributed by atoms with E-state index in [9.17, 15) is 13.2 Å². The lowest BCUT2D eigenvalue weighted by Gasteiger charge is -2.35. The summed E-state index contributed by atoms with van der Waals surface area (Å²) in [6, 6.07) is 8.28. The molecule has 1 amide bonds. The summed E-state index contributed by atoms with van der Waals surface area (Å²) in [6.45, 7) is 6.41. The van der Waals surface area contributed by atoms with Crippen LogP contribution in [0.1, 0.15) is 12.5 Å². The number of hydrogen-bond acceptors (Lipinski definition) is 5. The normalized spacial score (nSPS) is 17.3. The van der Waals surface area contributed by atoms with E-state index in [1.807, 2.05) is 32.0 Å². The van der Waals surface area contributed by atoms with Gasteiger partial charge in [-0.05, 0) is 38.6 Å². The summed E-state index contributed by atoms with van der Waals surface area (Å²) in [7, 11) is -1.78. The van der Waals surface area contributed by atoms with Gasteiger partial charge in [0, 0.05) is 44.5 Å². The molecule has 0 aromatic heterocycles. The van der Waals surface area contributed by atoms with Crippen molar-refractivity contribution in [2.75, 3.05) is 50.4 Å². The van der Waals surface area contributed by atoms with Crippen LogP contribution >= 0.6 is 0 Å². The number of nitrogens with one attached hydrogen (secondary N) is 2. The Hall–Kier alpha value is -1.64. The monoisotopic (exact) mass is 368 g/mol. The number of likely N-dealkylation sites (N-methyl/N-ethyl adjacent to an activating group) is 1. The van der Waals surface area contributed by atoms with Crippen molar-refractivity contribution in [1.82, 2.24) is 14.9 Å². The van der Waals surface area contributed by atoms with Gasteiger partial charge in [0.05, 0.1) is 0 Å². The maximum atomic E-state index is 12.4. The molecule has 0 aliphatic carbocycles. The minimum atomic E-state index is -3.58. The zero-order valence-electron chi connectivity index (χ0n) is 15.2. The number of piperazine rings is 1. The zero-order valence-corrected chi connectivity index (χ0v) is 16.0. The second-order valence-corrected chi connectivity index (χ2v) is 8.44. The number of carbonyl (C=O) groups is 1. The third-order valence-electron chi connectivity index (χ3n) is 4.41. The van der Waals surface area contributed by atoms with Crippen LogP contribution in [0, 0.1) is 6.92 Å². The van der Waals surface area contributed by atoms with Gasteiger partial charge < -0.3 is 15.5 Å². The lowest BCUT2D eigenvalue weighted by atomic mass is 10.2. The summed E-state index contributed by atoms with van der Waals surface area (Å²) in [6.07, 6.45) is 0. The van der Waals surface area contributed by atoms with E-state index in [0.29, 0.717) is 32.7 Å². The summed E-state index contributed by atoms with van der Waals surface area (Å²) in [4.78, 5) is 14.1. The molecule has 8 heteroatoms. The first kappa shape index (κ1) is 19.7. The van der Waals surface area contributed by atoms with Gasteiger partial charge in [0.15, 0.2) is 0 Å². The second-order valence-electron chi connectivity index (χ2n) is 6.48. The summed E-state index contributed by atoms with van der Waals surface area (Å²) < 4.78 is 26.3. The molecule has 1 aliphatic heterocycles. The first-order chi connectivity index (χ1) is 11.8. The van der Waals surface area contributed by atoms with Gasteiger partial charge in [0.1, 0.15) is 5.75 Å². The van der Waals surface area contributed by atoms with Crippen LogP contribution in [0.2, 0.25) is 0 Å². The topological polar surface area (TPSA) is 81.7 Å². The van der Waals surface area contributed by atoms with E-state index in [-0.39, 0.29) is 6.04 Å². The molecule has 0 radical (unpaired) electrons. The SMILES string of the molecule is CNC(C)CNC(=O)CS(=O)(=O)N1CCN(c2cccc(C)c2)CC1. The molecule has 0 saturated carbocycles. The molecule has 7 nitrogen and oxygen atoms in total. The van der Waals surface area contributed by atoms with Crippen LogP contribution in [0.4, 0.5) is 5.69 Å². The van der Waals surface area contributed by atoms with Crippen molar-refractivity contribution in [3.05, 3.63) is 29.8 Å². The van der Waals surface area contributed by atoms with Crippen LogP contribution in [0.5, 0.6) is 0 Å². The molecule has 2 rings (SSSR count). The van der Waals surface area contributed by atoms with Gasteiger partial charge in [-0.2, -0.15) is 4.31 Å². The maximum absolute atomic E-state index is 12.4. The molecule has 1 aromatic rings. The fraction of sp³-hybridized carbons (Fsp3) is 0.588. The zero-order chi connectivity index (χ0) is 18.4. The van der Waals surface area contributed by atoms with E-state index >= 15 is 0 Å². The van der Waals surface area contributed by atoms with Gasteiger partial charge in [0.2, 0.25) is 15.9 Å². The molecule has 0 spiro atoms. The van der Waals surface area contributed by atoms with Crippen LogP contribution in [0.15, 0.2) is 24.3 Å². The number of amides is 1. The first-order valence-electron chi connectivity index (χ1n) is 8.55. The van der Waals surface area contributed by atoms with Crippen LogP contribution in [0.25, 0.3) is 0 Å². The highest BCUT2D eigenvalue weighted by Gasteiger charge is 2.29. The van der Waals surface area contributed by atoms with Crippen molar-refractivity contribution >= 4 is 21.6 Å². The van der Waals surface area contributed by atoms with Crippen molar-refractivity contribution < 1.29 is 13.2 Å². The number of hydrogen-bond donors (Lipinski definition) is 2. The molecule has 1 aromatic carbocycles. The predicted molar refractivity (Wildman–Crippen MR) is 100 cm³/mol. The van der Waals surface area contributed by atoms with Gasteiger partial charge in [-0.3, -0.25) is 4.79 Å². The third-order valence-corrected chi connectivity index (χ3v) is 6.19. The average molecular weight is 369 g/mol. The minimum Gasteiger partial charge on any atom is -0.369 e. The highest BCUT2D eigenvalue weighted by molar-refractivity contribution is 7.89. The molecular weight excluding hydrogens is 340 g/mol. The summed E-state index contributed by atoms with van der Waals surface area (Å²) in [5.41, 5.74) is 2.29. The Morgan fingerprint density at radius 3 is 2.52 bits per heavy atom. The fourth-order valence-electron chi connectivity index (χ4n) is 2.73. The Morgan fingerprint density at radius 1 is 1.24 bits per heavy atom. The highest BCUT2D eigenvalue weighted by atomic mass is 32.2. The molecule has 0 bridgehead atoms. The van der Waals surface area contributed by atoms with Crippen molar-refractivity contribution in [1.29, 1.82) is 0 Å². The lowest BCUT2D eigenvalue weighted by molar-refractivity contribution is -0.118. The van der Waals surface area contributed by atoms with E-state index < -0.39 is 21.7 Å². The standard InChI is InChI=1S/C17H28N4O3S/c1-14-5-4-6-16(11-14)20-7-9-21(10-8-20)25(23,24)13-17(22)19-12-15(2)18-3/h4-6,11,15,18H,7-10,12-13H2,1-3H3,(H,19,22). The predicted octanol–water partition coefficient (Wildman–Crippen LogP) is 0.171. The Balaban J connectivity index is 1.87. The molecule has 2 N–H and O–H groups in total. The van der Waals surface area contributed by atoms with Crippen LogP contribution in [0.3, 0.4) is 0 Å². The van der Waals surface area contributed by atoms with E-state index in [4.69, 9.17) is 0 Å². The molecule has 1 aliphatic rings. The van der Waals surface area contributed by atoms with Gasteiger partial charge >= 0.3 is 0 Å². The molecule has 1 saturated heterocycles. The minimum absolute atomic E-state index is 0.101. The maximum Gasteiger partial charge on any atom is 0.236 e. The largest absolute Gasteiger partial charge is 0.369 e. The van der Waals surface area contributed by atoms with Crippen molar-refractivity contribution in [3.63, 3.8) is 0 Å². The van der Waals surface area contributed by atoms with Crippen molar-refractivity contribution in [3.8, 4) is 0 Å². The van der Waals surface area contributed by atoms with Crippen molar-refractivity contribution in [2.24, 2.45) is 0 Å². The fourth-order valence-corrected chi connectivity index (χ4v) is 4.06. The average Bonchev–Trinajstić information content (AvgIpc) is 2.59. The Labute approximate surface area is 150 Å². The number of sulfonamides is 1. The number of carbonyl (C=O) groups excluding carboxylic acids is 1. The van der Waals surface area contributed by atoms with E-state index in [1.165, 1.54) is 9.87 Å². The number of nitrogens with zero attached hydrogens (tertiary/aromatic N) is 2. The number of rotatable bonds is 7. The number of aryl methyl sites for hydroxylation is 1. The molecule has 140 valence electrons. The molecular formula is C17H28N4O3S. The Kier molecular flexibility index (Phi) is 6.80. The molecule has 1 unspecified atom stereocenters. The number of anilines is 1. The van der Waals surface area contributed by atoms with Gasteiger partial charge in [-0.25, -0.2) is 8.42 Å². The second kappa shape index (κ2) is 8.64. The molecule has 25 heavy (non-hydrogen) atoms. The number of benzene rings is 1. The lowest BCUT2D eigenvalue weighted by Crippen LogP contribution is -2.51. The summed E-state index contributed by atoms with van der Waals surface area (Å²) >= 11 is 0. The van der Waals surface area contributed by atoms with Crippen LogP contribution < -0.4 is 15.5 Å². The quantitative estimate of drug-likeness (QED) is 0.717. The summed E-state index contributed by atoms with van der Waals surface area (Å²) in [5.74, 6) is -0.948. The molecule has 1 heterocycles. The third kappa shape index (κ3) is 5.69. The Bertz CT molecular complexity index is 685. The van der Waals surface area contributed by atoms with Gasteiger partial charge in [-0.1, -0.05) is 12.1 Å². The smallest absolute Gasteiger partial charge is 0.236 e. The van der Waals surface area contributed by atoms with Gasteiger partial charge in [-0.15, -0.1) is 0 Å². The first-order valence-corrected chi connectivity index (χ1v) is 10.2. The summed E-state index contributed by atoms with van der Waals surface area (Å²) in [5, 5.41) is 5.64. The van der Waals surface area contributed by atoms with Crippen LogP contribution in [-0.4, -0.2) is 70.2 Å².